The van der Waals surface area contributed by atoms with Gasteiger partial charge in [-0.15, -0.1) is 0 Å². The molecule has 1 amide bonds. The molecule has 8 heteroatoms. The Morgan fingerprint density at radius 2 is 1.59 bits per heavy atom. The number of aliphatic hydroxyl groups excluding tert-OH is 2. The number of aromatic nitrogens is 2. The summed E-state index contributed by atoms with van der Waals surface area (Å²) in [5.41, 5.74) is 7.02. The van der Waals surface area contributed by atoms with E-state index in [0.717, 1.165) is 29.5 Å². The highest BCUT2D eigenvalue weighted by Crippen LogP contribution is 2.28. The topological polar surface area (TPSA) is 125 Å². The van der Waals surface area contributed by atoms with Crippen molar-refractivity contribution in [2.24, 2.45) is 0 Å². The molecule has 0 bridgehead atoms. The fraction of sp³-hybridized carbons (Fsp3) is 0.192. The molecule has 8 nitrogen and oxygen atoms in total. The lowest BCUT2D eigenvalue weighted by atomic mass is 9.99. The number of aryl methyl sites for hydroxylation is 1. The number of aliphatic hydroxyl groups is 2. The van der Waals surface area contributed by atoms with E-state index in [9.17, 15) is 10.0 Å². The summed E-state index contributed by atoms with van der Waals surface area (Å²) in [6.07, 6.45) is 3.04. The molecular formula is C26H25N3O5. The quantitative estimate of drug-likeness (QED) is 0.223. The van der Waals surface area contributed by atoms with Crippen molar-refractivity contribution in [2.45, 2.75) is 12.8 Å². The number of hydrogen-bond acceptors (Lipinski definition) is 7. The van der Waals surface area contributed by atoms with Gasteiger partial charge in [0.25, 0.3) is 5.91 Å². The van der Waals surface area contributed by atoms with E-state index < -0.39 is 5.91 Å². The zero-order valence-corrected chi connectivity index (χ0v) is 18.4. The van der Waals surface area contributed by atoms with Gasteiger partial charge in [-0.25, -0.2) is 15.4 Å². The van der Waals surface area contributed by atoms with Crippen LogP contribution in [0.15, 0.2) is 66.9 Å². The first-order chi connectivity index (χ1) is 16.6. The molecule has 174 valence electrons. The number of pyridine rings is 2. The van der Waals surface area contributed by atoms with Crippen molar-refractivity contribution in [1.82, 2.24) is 15.4 Å². The van der Waals surface area contributed by atoms with Crippen molar-refractivity contribution in [1.29, 1.82) is 0 Å². The van der Waals surface area contributed by atoms with E-state index in [4.69, 9.17) is 14.9 Å². The van der Waals surface area contributed by atoms with Crippen molar-refractivity contribution < 1.29 is 25.0 Å². The molecular weight excluding hydrogens is 434 g/mol. The molecule has 4 rings (SSSR count). The normalized spacial score (nSPS) is 10.9. The van der Waals surface area contributed by atoms with Crippen LogP contribution in [0.1, 0.15) is 22.3 Å². The van der Waals surface area contributed by atoms with Crippen LogP contribution in [0.2, 0.25) is 0 Å². The molecule has 0 atom stereocenters. The SMILES string of the molecule is O=C(NO)c1cc(-c2ccc(-c3ccc(CCCO)cc3)cc2)nc2cc(OCCO)ncc12. The Morgan fingerprint density at radius 1 is 0.912 bits per heavy atom. The van der Waals surface area contributed by atoms with Crippen molar-refractivity contribution >= 4 is 16.8 Å². The van der Waals surface area contributed by atoms with Gasteiger partial charge in [-0.1, -0.05) is 48.5 Å². The van der Waals surface area contributed by atoms with E-state index in [1.807, 2.05) is 24.3 Å². The number of amides is 1. The Morgan fingerprint density at radius 3 is 2.24 bits per heavy atom. The first-order valence-electron chi connectivity index (χ1n) is 10.9. The third kappa shape index (κ3) is 5.20. The Kier molecular flexibility index (Phi) is 7.44. The van der Waals surface area contributed by atoms with Gasteiger partial charge in [-0.2, -0.15) is 0 Å². The first-order valence-corrected chi connectivity index (χ1v) is 10.9. The van der Waals surface area contributed by atoms with Gasteiger partial charge in [0.05, 0.1) is 23.4 Å². The van der Waals surface area contributed by atoms with E-state index >= 15 is 0 Å². The molecule has 0 aliphatic rings. The predicted octanol–water partition coefficient (Wildman–Crippen LogP) is 3.38. The standard InChI is InChI=1S/C26H25N3O5/c30-11-1-2-17-3-5-18(6-4-17)19-7-9-20(10-8-19)23-14-21(26(32)29-33)22-16-27-25(34-13-12-31)15-24(22)28-23/h3-10,14-16,30-31,33H,1-2,11-13H2,(H,29,32). The van der Waals surface area contributed by atoms with E-state index in [-0.39, 0.29) is 31.3 Å². The molecule has 0 spiro atoms. The molecule has 0 aliphatic carbocycles. The molecule has 2 aromatic heterocycles. The molecule has 0 saturated heterocycles. The first kappa shape index (κ1) is 23.3. The molecule has 0 fully saturated rings. The number of ether oxygens (including phenoxy) is 1. The van der Waals surface area contributed by atoms with Crippen LogP contribution >= 0.6 is 0 Å². The number of carbonyl (C=O) groups is 1. The summed E-state index contributed by atoms with van der Waals surface area (Å²) in [6.45, 7) is 0.121. The zero-order chi connectivity index (χ0) is 23.9. The molecule has 2 heterocycles. The maximum Gasteiger partial charge on any atom is 0.275 e. The maximum atomic E-state index is 12.3. The van der Waals surface area contributed by atoms with Gasteiger partial charge in [0.2, 0.25) is 5.88 Å². The third-order valence-electron chi connectivity index (χ3n) is 5.45. The second-order valence-corrected chi connectivity index (χ2v) is 7.71. The zero-order valence-electron chi connectivity index (χ0n) is 18.4. The van der Waals surface area contributed by atoms with Gasteiger partial charge in [0.1, 0.15) is 6.61 Å². The summed E-state index contributed by atoms with van der Waals surface area (Å²) >= 11 is 0. The van der Waals surface area contributed by atoms with Crippen LogP contribution in [0, 0.1) is 0 Å². The summed E-state index contributed by atoms with van der Waals surface area (Å²) in [5.74, 6) is -0.392. The average Bonchev–Trinajstić information content (AvgIpc) is 2.89. The summed E-state index contributed by atoms with van der Waals surface area (Å²) in [6, 6.07) is 19.3. The van der Waals surface area contributed by atoms with Gasteiger partial charge in [-0.05, 0) is 35.6 Å². The Balaban J connectivity index is 1.67. The second kappa shape index (κ2) is 10.8. The van der Waals surface area contributed by atoms with Gasteiger partial charge in [0, 0.05) is 29.8 Å². The van der Waals surface area contributed by atoms with Crippen molar-refractivity contribution in [3.63, 3.8) is 0 Å². The Labute approximate surface area is 196 Å². The number of carbonyl (C=O) groups excluding carboxylic acids is 1. The summed E-state index contributed by atoms with van der Waals surface area (Å²) in [5, 5.41) is 27.6. The summed E-state index contributed by atoms with van der Waals surface area (Å²) in [7, 11) is 0. The third-order valence-corrected chi connectivity index (χ3v) is 5.45. The van der Waals surface area contributed by atoms with Crippen LogP contribution < -0.4 is 10.2 Å². The number of rotatable bonds is 9. The van der Waals surface area contributed by atoms with Crippen molar-refractivity contribution in [3.05, 3.63) is 78.0 Å². The van der Waals surface area contributed by atoms with Crippen LogP contribution in [0.25, 0.3) is 33.3 Å². The number of hydrogen-bond donors (Lipinski definition) is 4. The molecule has 4 aromatic rings. The average molecular weight is 460 g/mol. The van der Waals surface area contributed by atoms with E-state index in [1.165, 1.54) is 11.8 Å². The fourth-order valence-electron chi connectivity index (χ4n) is 3.71. The smallest absolute Gasteiger partial charge is 0.275 e. The molecule has 0 saturated carbocycles. The van der Waals surface area contributed by atoms with Gasteiger partial charge >= 0.3 is 0 Å². The van der Waals surface area contributed by atoms with E-state index in [1.54, 1.807) is 17.6 Å². The Hall–Kier alpha value is -3.85. The summed E-state index contributed by atoms with van der Waals surface area (Å²) in [4.78, 5) is 21.1. The van der Waals surface area contributed by atoms with Crippen LogP contribution in [0.5, 0.6) is 5.88 Å². The monoisotopic (exact) mass is 459 g/mol. The highest BCUT2D eigenvalue weighted by atomic mass is 16.5. The second-order valence-electron chi connectivity index (χ2n) is 7.71. The molecule has 4 N–H and O–H groups in total. The van der Waals surface area contributed by atoms with Gasteiger partial charge < -0.3 is 14.9 Å². The van der Waals surface area contributed by atoms with Gasteiger partial charge in [0.15, 0.2) is 0 Å². The van der Waals surface area contributed by atoms with E-state index in [0.29, 0.717) is 16.6 Å². The minimum atomic E-state index is -0.669. The predicted molar refractivity (Wildman–Crippen MR) is 128 cm³/mol. The lowest BCUT2D eigenvalue weighted by molar-refractivity contribution is 0.0708. The number of nitrogens with zero attached hydrogens (tertiary/aromatic N) is 2. The molecule has 0 radical (unpaired) electrons. The highest BCUT2D eigenvalue weighted by molar-refractivity contribution is 6.06. The molecule has 0 unspecified atom stereocenters. The van der Waals surface area contributed by atoms with Crippen molar-refractivity contribution in [3.8, 4) is 28.3 Å². The molecule has 34 heavy (non-hydrogen) atoms. The maximum absolute atomic E-state index is 12.3. The van der Waals surface area contributed by atoms with Crippen LogP contribution in [0.3, 0.4) is 0 Å². The number of hydroxylamine groups is 1. The van der Waals surface area contributed by atoms with Crippen LogP contribution in [0.4, 0.5) is 0 Å². The minimum absolute atomic E-state index is 0.0893. The lowest BCUT2D eigenvalue weighted by Crippen LogP contribution is -2.19. The van der Waals surface area contributed by atoms with Crippen molar-refractivity contribution in [2.75, 3.05) is 19.8 Å². The van der Waals surface area contributed by atoms with Gasteiger partial charge in [-0.3, -0.25) is 10.0 Å². The largest absolute Gasteiger partial charge is 0.475 e. The number of nitrogens with one attached hydrogen (secondary N) is 1. The molecule has 0 aliphatic heterocycles. The van der Waals surface area contributed by atoms with Crippen LogP contribution in [-0.2, 0) is 6.42 Å². The fourth-order valence-corrected chi connectivity index (χ4v) is 3.71. The number of benzene rings is 2. The van der Waals surface area contributed by atoms with E-state index in [2.05, 4.69) is 34.2 Å². The summed E-state index contributed by atoms with van der Waals surface area (Å²) < 4.78 is 5.37. The molecule has 2 aromatic carbocycles. The minimum Gasteiger partial charge on any atom is -0.475 e. The Bertz CT molecular complexity index is 1270. The lowest BCUT2D eigenvalue weighted by Gasteiger charge is -2.11. The number of fused-ring (bicyclic) bond motifs is 1. The van der Waals surface area contributed by atoms with Crippen LogP contribution in [-0.4, -0.2) is 51.1 Å². The highest BCUT2D eigenvalue weighted by Gasteiger charge is 2.15.